The monoisotopic (exact) mass is 441 g/mol. The number of H-pyrrole nitrogens is 1. The number of hydrogen-bond donors (Lipinski definition) is 2. The van der Waals surface area contributed by atoms with Crippen LogP contribution >= 0.6 is 0 Å². The number of carbonyl (C=O) groups excluding carboxylic acids is 1. The Morgan fingerprint density at radius 2 is 1.79 bits per heavy atom. The largest absolute Gasteiger partial charge is 0.351 e. The minimum Gasteiger partial charge on any atom is -0.351 e. The Hall–Kier alpha value is -3.55. The molecule has 1 aliphatic carbocycles. The maximum absolute atomic E-state index is 12.7. The molecule has 4 aromatic rings. The van der Waals surface area contributed by atoms with Crippen molar-refractivity contribution < 1.29 is 4.79 Å². The van der Waals surface area contributed by atoms with Gasteiger partial charge in [-0.25, -0.2) is 4.98 Å². The van der Waals surface area contributed by atoms with Gasteiger partial charge < -0.3 is 15.2 Å². The predicted octanol–water partition coefficient (Wildman–Crippen LogP) is 4.16. The summed E-state index contributed by atoms with van der Waals surface area (Å²) in [7, 11) is 0. The average Bonchev–Trinajstić information content (AvgIpc) is 3.54. The van der Waals surface area contributed by atoms with E-state index < -0.39 is 0 Å². The topological polar surface area (TPSA) is 99.7 Å². The lowest BCUT2D eigenvalue weighted by Crippen LogP contribution is -2.37. The van der Waals surface area contributed by atoms with Crippen LogP contribution in [0.1, 0.15) is 38.5 Å². The molecule has 0 bridgehead atoms. The molecule has 1 aliphatic heterocycles. The van der Waals surface area contributed by atoms with E-state index in [9.17, 15) is 4.79 Å². The first-order valence-corrected chi connectivity index (χ1v) is 11.9. The number of rotatable bonds is 4. The van der Waals surface area contributed by atoms with Crippen molar-refractivity contribution in [1.82, 2.24) is 29.8 Å². The van der Waals surface area contributed by atoms with Crippen LogP contribution in [0.25, 0.3) is 33.2 Å². The molecule has 2 N–H and O–H groups in total. The van der Waals surface area contributed by atoms with Crippen LogP contribution in [0.3, 0.4) is 0 Å². The fourth-order valence-corrected chi connectivity index (χ4v) is 5.21. The summed E-state index contributed by atoms with van der Waals surface area (Å²) in [5.74, 6) is 1.18. The molecule has 168 valence electrons. The molecule has 0 spiro atoms. The third-order valence-electron chi connectivity index (χ3n) is 7.04. The average molecular weight is 442 g/mol. The van der Waals surface area contributed by atoms with Crippen molar-refractivity contribution in [3.05, 3.63) is 43.0 Å². The second kappa shape index (κ2) is 8.42. The molecule has 2 aliphatic rings. The van der Waals surface area contributed by atoms with E-state index in [-0.39, 0.29) is 5.92 Å². The lowest BCUT2D eigenvalue weighted by Gasteiger charge is -2.30. The molecule has 0 radical (unpaired) electrons. The van der Waals surface area contributed by atoms with E-state index in [0.717, 1.165) is 84.8 Å². The van der Waals surface area contributed by atoms with Gasteiger partial charge in [-0.15, -0.1) is 0 Å². The van der Waals surface area contributed by atoms with Crippen LogP contribution in [0.2, 0.25) is 0 Å². The van der Waals surface area contributed by atoms with E-state index in [4.69, 9.17) is 4.98 Å². The van der Waals surface area contributed by atoms with E-state index in [1.54, 1.807) is 12.4 Å². The van der Waals surface area contributed by atoms with Crippen molar-refractivity contribution in [1.29, 1.82) is 0 Å². The number of aromatic amines is 1. The molecule has 2 fully saturated rings. The molecular weight excluding hydrogens is 414 g/mol. The van der Waals surface area contributed by atoms with E-state index in [2.05, 4.69) is 30.2 Å². The first-order chi connectivity index (χ1) is 16.2. The highest BCUT2D eigenvalue weighted by atomic mass is 16.2. The van der Waals surface area contributed by atoms with Gasteiger partial charge in [0.05, 0.1) is 11.0 Å². The van der Waals surface area contributed by atoms with Gasteiger partial charge >= 0.3 is 0 Å². The van der Waals surface area contributed by atoms with Gasteiger partial charge in [0.1, 0.15) is 5.65 Å². The number of benzene rings is 1. The van der Waals surface area contributed by atoms with Gasteiger partial charge in [-0.1, -0.05) is 6.07 Å². The molecule has 0 atom stereocenters. The van der Waals surface area contributed by atoms with Gasteiger partial charge in [0, 0.05) is 60.8 Å². The summed E-state index contributed by atoms with van der Waals surface area (Å²) < 4.78 is 0. The van der Waals surface area contributed by atoms with Crippen molar-refractivity contribution in [3.63, 3.8) is 0 Å². The maximum Gasteiger partial charge on any atom is 0.225 e. The molecule has 8 heteroatoms. The quantitative estimate of drug-likeness (QED) is 0.493. The van der Waals surface area contributed by atoms with Crippen molar-refractivity contribution in [2.75, 3.05) is 18.4 Å². The Bertz CT molecular complexity index is 1300. The van der Waals surface area contributed by atoms with Crippen LogP contribution in [-0.2, 0) is 4.79 Å². The molecule has 4 heterocycles. The number of nitrogens with one attached hydrogen (secondary N) is 2. The van der Waals surface area contributed by atoms with E-state index in [1.807, 2.05) is 30.6 Å². The Balaban J connectivity index is 1.14. The van der Waals surface area contributed by atoms with E-state index in [0.29, 0.717) is 17.9 Å². The number of fused-ring (bicyclic) bond motifs is 2. The summed E-state index contributed by atoms with van der Waals surface area (Å²) in [5.41, 5.74) is 4.65. The standard InChI is InChI=1S/C25H27N7O/c33-24(32-11-1-2-12-32)16-3-6-18(7-4-16)30-25-29-15-20-19(14-28-23(20)31-25)17-5-8-21-22(13-17)27-10-9-26-21/h5,8-10,13-16,18H,1-4,6-7,11-12H2,(H2,28,29,30,31). The smallest absolute Gasteiger partial charge is 0.225 e. The maximum atomic E-state index is 12.7. The Morgan fingerprint density at radius 3 is 2.61 bits per heavy atom. The van der Waals surface area contributed by atoms with Crippen molar-refractivity contribution in [3.8, 4) is 11.1 Å². The lowest BCUT2D eigenvalue weighted by atomic mass is 9.85. The molecule has 1 saturated carbocycles. The van der Waals surface area contributed by atoms with Crippen molar-refractivity contribution in [2.24, 2.45) is 5.92 Å². The molecule has 1 amide bonds. The highest BCUT2D eigenvalue weighted by Crippen LogP contribution is 2.31. The van der Waals surface area contributed by atoms with E-state index in [1.165, 1.54) is 0 Å². The predicted molar refractivity (Wildman–Crippen MR) is 128 cm³/mol. The molecule has 33 heavy (non-hydrogen) atoms. The summed E-state index contributed by atoms with van der Waals surface area (Å²) in [6.45, 7) is 1.88. The van der Waals surface area contributed by atoms with Gasteiger partial charge in [0.15, 0.2) is 0 Å². The fourth-order valence-electron chi connectivity index (χ4n) is 5.21. The lowest BCUT2D eigenvalue weighted by molar-refractivity contribution is -0.135. The van der Waals surface area contributed by atoms with Gasteiger partial charge in [0.2, 0.25) is 11.9 Å². The third kappa shape index (κ3) is 3.90. The minimum absolute atomic E-state index is 0.183. The fraction of sp³-hybridized carbons (Fsp3) is 0.400. The van der Waals surface area contributed by atoms with Crippen LogP contribution in [0.5, 0.6) is 0 Å². The van der Waals surface area contributed by atoms with Gasteiger partial charge in [-0.2, -0.15) is 4.98 Å². The first-order valence-electron chi connectivity index (χ1n) is 11.9. The number of amides is 1. The summed E-state index contributed by atoms with van der Waals surface area (Å²) in [6.07, 6.45) is 13.4. The zero-order chi connectivity index (χ0) is 22.2. The number of nitrogens with zero attached hydrogens (tertiary/aromatic N) is 5. The first kappa shape index (κ1) is 20.1. The molecule has 6 rings (SSSR count). The highest BCUT2D eigenvalue weighted by Gasteiger charge is 2.30. The SMILES string of the molecule is O=C(C1CCC(Nc2ncc3c(-c4ccc5nccnc5c4)c[nH]c3n2)CC1)N1CCCC1. The van der Waals surface area contributed by atoms with Crippen molar-refractivity contribution >= 4 is 33.9 Å². The number of aromatic nitrogens is 5. The number of carbonyl (C=O) groups is 1. The molecule has 3 aromatic heterocycles. The summed E-state index contributed by atoms with van der Waals surface area (Å²) in [6, 6.07) is 6.38. The molecule has 8 nitrogen and oxygen atoms in total. The van der Waals surface area contributed by atoms with Gasteiger partial charge in [-0.3, -0.25) is 14.8 Å². The third-order valence-corrected chi connectivity index (χ3v) is 7.04. The summed E-state index contributed by atoms with van der Waals surface area (Å²) in [5, 5.41) is 4.47. The molecule has 1 saturated heterocycles. The van der Waals surface area contributed by atoms with Crippen LogP contribution in [0.15, 0.2) is 43.0 Å². The Labute approximate surface area is 191 Å². The van der Waals surface area contributed by atoms with Crippen LogP contribution < -0.4 is 5.32 Å². The second-order valence-corrected chi connectivity index (χ2v) is 9.14. The number of anilines is 1. The normalized spacial score (nSPS) is 21.0. The van der Waals surface area contributed by atoms with Crippen LogP contribution in [-0.4, -0.2) is 54.9 Å². The highest BCUT2D eigenvalue weighted by molar-refractivity contribution is 5.95. The van der Waals surface area contributed by atoms with Crippen LogP contribution in [0, 0.1) is 5.92 Å². The Morgan fingerprint density at radius 1 is 1.00 bits per heavy atom. The van der Waals surface area contributed by atoms with Gasteiger partial charge in [0.25, 0.3) is 0 Å². The second-order valence-electron chi connectivity index (χ2n) is 9.14. The molecular formula is C25H27N7O. The van der Waals surface area contributed by atoms with Gasteiger partial charge in [-0.05, 0) is 56.2 Å². The summed E-state index contributed by atoms with van der Waals surface area (Å²) >= 11 is 0. The molecule has 0 unspecified atom stereocenters. The number of likely N-dealkylation sites (tertiary alicyclic amines) is 1. The zero-order valence-electron chi connectivity index (χ0n) is 18.5. The van der Waals surface area contributed by atoms with Crippen LogP contribution in [0.4, 0.5) is 5.95 Å². The summed E-state index contributed by atoms with van der Waals surface area (Å²) in [4.78, 5) is 36.1. The Kier molecular flexibility index (Phi) is 5.13. The van der Waals surface area contributed by atoms with E-state index >= 15 is 0 Å². The zero-order valence-corrected chi connectivity index (χ0v) is 18.5. The van der Waals surface area contributed by atoms with Crippen molar-refractivity contribution in [2.45, 2.75) is 44.6 Å². The molecule has 1 aromatic carbocycles. The minimum atomic E-state index is 0.183. The number of hydrogen-bond acceptors (Lipinski definition) is 6.